The number of methoxy groups -OCH3 is 2. The van der Waals surface area contributed by atoms with Crippen molar-refractivity contribution in [3.05, 3.63) is 46.6 Å². The van der Waals surface area contributed by atoms with Crippen LogP contribution in [0.3, 0.4) is 0 Å². The van der Waals surface area contributed by atoms with Gasteiger partial charge in [0.2, 0.25) is 6.29 Å². The quantitative estimate of drug-likeness (QED) is 0.333. The SMILES string of the molecule is COc1cc(O[C@@H]2O[C@H](CO)[C@@H](O)[C@H](O)[C@H]2O)c2c(=O)cc(-c3ccc(O)c(OC)c3)oc2c1. The van der Waals surface area contributed by atoms with Crippen LogP contribution in [0.5, 0.6) is 23.0 Å². The Kier molecular flexibility index (Phi) is 6.64. The van der Waals surface area contributed by atoms with Crippen LogP contribution in [0.25, 0.3) is 22.3 Å². The van der Waals surface area contributed by atoms with E-state index in [1.165, 1.54) is 44.6 Å². The highest BCUT2D eigenvalue weighted by Crippen LogP contribution is 2.36. The van der Waals surface area contributed by atoms with Crippen LogP contribution in [0.2, 0.25) is 0 Å². The van der Waals surface area contributed by atoms with Gasteiger partial charge in [0.05, 0.1) is 20.8 Å². The number of phenolic OH excluding ortho intramolecular Hbond substituents is 1. The van der Waals surface area contributed by atoms with Crippen molar-refractivity contribution in [3.8, 4) is 34.3 Å². The maximum atomic E-state index is 13.1. The van der Waals surface area contributed by atoms with Gasteiger partial charge in [-0.1, -0.05) is 0 Å². The summed E-state index contributed by atoms with van der Waals surface area (Å²) in [6.07, 6.45) is -7.58. The number of benzene rings is 2. The third kappa shape index (κ3) is 4.27. The molecule has 4 rings (SSSR count). The topological polar surface area (TPSA) is 168 Å². The van der Waals surface area contributed by atoms with E-state index in [-0.39, 0.29) is 39.7 Å². The van der Waals surface area contributed by atoms with Crippen molar-refractivity contribution in [2.75, 3.05) is 20.8 Å². The van der Waals surface area contributed by atoms with Crippen molar-refractivity contribution < 1.29 is 48.9 Å². The normalized spacial score (nSPS) is 24.7. The Bertz CT molecular complexity index is 1240. The lowest BCUT2D eigenvalue weighted by molar-refractivity contribution is -0.277. The first-order valence-corrected chi connectivity index (χ1v) is 10.3. The molecule has 2 aromatic carbocycles. The van der Waals surface area contributed by atoms with Gasteiger partial charge in [-0.2, -0.15) is 0 Å². The number of aliphatic hydroxyl groups is 4. The monoisotopic (exact) mass is 476 g/mol. The highest BCUT2D eigenvalue weighted by Gasteiger charge is 2.45. The summed E-state index contributed by atoms with van der Waals surface area (Å²) < 4.78 is 27.4. The fourth-order valence-electron chi connectivity index (χ4n) is 3.70. The Morgan fingerprint density at radius 3 is 2.38 bits per heavy atom. The molecule has 0 unspecified atom stereocenters. The third-order valence-corrected chi connectivity index (χ3v) is 5.56. The summed E-state index contributed by atoms with van der Waals surface area (Å²) in [6.45, 7) is -0.634. The standard InChI is InChI=1S/C23H24O11/c1-30-11-6-16-19(13(26)8-14(32-16)10-3-4-12(25)15(5-10)31-2)17(7-11)33-23-22(29)21(28)20(27)18(9-24)34-23/h3-8,18,20-25,27-29H,9H2,1-2H3/t18-,20-,21+,22-,23-/m1/s1. The first-order chi connectivity index (χ1) is 16.3. The molecule has 11 nitrogen and oxygen atoms in total. The molecule has 5 N–H and O–H groups in total. The maximum absolute atomic E-state index is 13.1. The van der Waals surface area contributed by atoms with Crippen LogP contribution in [-0.4, -0.2) is 77.1 Å². The summed E-state index contributed by atoms with van der Waals surface area (Å²) in [5.74, 6) is 0.490. The van der Waals surface area contributed by atoms with Gasteiger partial charge in [-0.15, -0.1) is 0 Å². The average Bonchev–Trinajstić information content (AvgIpc) is 2.84. The minimum absolute atomic E-state index is 0.00672. The van der Waals surface area contributed by atoms with Gasteiger partial charge >= 0.3 is 0 Å². The summed E-state index contributed by atoms with van der Waals surface area (Å²) in [7, 11) is 2.79. The Labute approximate surface area is 192 Å². The molecular formula is C23H24O11. The molecule has 11 heteroatoms. The molecule has 3 aromatic rings. The van der Waals surface area contributed by atoms with Crippen molar-refractivity contribution >= 4 is 11.0 Å². The molecule has 1 saturated heterocycles. The molecular weight excluding hydrogens is 452 g/mol. The van der Waals surface area contributed by atoms with E-state index in [1.54, 1.807) is 6.07 Å². The summed E-state index contributed by atoms with van der Waals surface area (Å²) in [6, 6.07) is 8.53. The number of rotatable bonds is 6. The van der Waals surface area contributed by atoms with Crippen LogP contribution < -0.4 is 19.6 Å². The molecule has 1 aliphatic rings. The minimum Gasteiger partial charge on any atom is -0.504 e. The van der Waals surface area contributed by atoms with Crippen molar-refractivity contribution in [1.29, 1.82) is 0 Å². The van der Waals surface area contributed by atoms with E-state index in [0.717, 1.165) is 0 Å². The lowest BCUT2D eigenvalue weighted by Crippen LogP contribution is -2.60. The predicted molar refractivity (Wildman–Crippen MR) is 117 cm³/mol. The lowest BCUT2D eigenvalue weighted by atomic mass is 9.99. The van der Waals surface area contributed by atoms with Crippen LogP contribution in [0.4, 0.5) is 0 Å². The van der Waals surface area contributed by atoms with Crippen LogP contribution >= 0.6 is 0 Å². The summed E-state index contributed by atoms with van der Waals surface area (Å²) in [5.41, 5.74) is 0.0619. The first-order valence-electron chi connectivity index (χ1n) is 10.3. The molecule has 0 bridgehead atoms. The summed E-state index contributed by atoms with van der Waals surface area (Å²) in [5, 5.41) is 49.6. The molecule has 0 amide bonds. The first kappa shape index (κ1) is 23.8. The zero-order valence-electron chi connectivity index (χ0n) is 18.2. The number of ether oxygens (including phenoxy) is 4. The second-order valence-corrected chi connectivity index (χ2v) is 7.68. The van der Waals surface area contributed by atoms with Gasteiger partial charge < -0.3 is 48.9 Å². The van der Waals surface area contributed by atoms with Gasteiger partial charge in [-0.05, 0) is 18.2 Å². The van der Waals surface area contributed by atoms with E-state index in [9.17, 15) is 30.3 Å². The number of aliphatic hydroxyl groups excluding tert-OH is 4. The van der Waals surface area contributed by atoms with E-state index >= 15 is 0 Å². The van der Waals surface area contributed by atoms with Gasteiger partial charge in [0.15, 0.2) is 16.9 Å². The summed E-state index contributed by atoms with van der Waals surface area (Å²) >= 11 is 0. The van der Waals surface area contributed by atoms with E-state index in [2.05, 4.69) is 0 Å². The number of phenols is 1. The van der Waals surface area contributed by atoms with Gasteiger partial charge in [-0.3, -0.25) is 4.79 Å². The fourth-order valence-corrected chi connectivity index (χ4v) is 3.70. The molecule has 2 heterocycles. The molecule has 182 valence electrons. The van der Waals surface area contributed by atoms with Gasteiger partial charge in [0, 0.05) is 23.8 Å². The van der Waals surface area contributed by atoms with Crippen LogP contribution in [0, 0.1) is 0 Å². The zero-order chi connectivity index (χ0) is 24.6. The van der Waals surface area contributed by atoms with E-state index in [4.69, 9.17) is 23.4 Å². The molecule has 0 aliphatic carbocycles. The zero-order valence-corrected chi connectivity index (χ0v) is 18.2. The maximum Gasteiger partial charge on any atom is 0.229 e. The van der Waals surface area contributed by atoms with E-state index in [1.807, 2.05) is 0 Å². The summed E-state index contributed by atoms with van der Waals surface area (Å²) in [4.78, 5) is 13.1. The van der Waals surface area contributed by atoms with E-state index < -0.39 is 42.7 Å². The number of aromatic hydroxyl groups is 1. The average molecular weight is 476 g/mol. The fraction of sp³-hybridized carbons (Fsp3) is 0.348. The second kappa shape index (κ2) is 9.49. The molecule has 34 heavy (non-hydrogen) atoms. The van der Waals surface area contributed by atoms with Gasteiger partial charge in [0.1, 0.15) is 52.6 Å². The van der Waals surface area contributed by atoms with Crippen molar-refractivity contribution in [2.24, 2.45) is 0 Å². The Morgan fingerprint density at radius 1 is 0.941 bits per heavy atom. The third-order valence-electron chi connectivity index (χ3n) is 5.56. The Morgan fingerprint density at radius 2 is 1.71 bits per heavy atom. The minimum atomic E-state index is -1.67. The van der Waals surface area contributed by atoms with Crippen molar-refractivity contribution in [2.45, 2.75) is 30.7 Å². The lowest BCUT2D eigenvalue weighted by Gasteiger charge is -2.39. The van der Waals surface area contributed by atoms with Gasteiger partial charge in [-0.25, -0.2) is 0 Å². The largest absolute Gasteiger partial charge is 0.504 e. The number of fused-ring (bicyclic) bond motifs is 1. The van der Waals surface area contributed by atoms with Crippen molar-refractivity contribution in [3.63, 3.8) is 0 Å². The van der Waals surface area contributed by atoms with Crippen molar-refractivity contribution in [1.82, 2.24) is 0 Å². The highest BCUT2D eigenvalue weighted by molar-refractivity contribution is 5.86. The second-order valence-electron chi connectivity index (χ2n) is 7.68. The molecule has 0 spiro atoms. The van der Waals surface area contributed by atoms with Crippen LogP contribution in [0.1, 0.15) is 0 Å². The molecule has 5 atom stereocenters. The molecule has 1 aliphatic heterocycles. The smallest absolute Gasteiger partial charge is 0.229 e. The molecule has 0 saturated carbocycles. The Balaban J connectivity index is 1.79. The molecule has 1 aromatic heterocycles. The number of hydrogen-bond donors (Lipinski definition) is 5. The van der Waals surface area contributed by atoms with Crippen LogP contribution in [-0.2, 0) is 4.74 Å². The number of hydrogen-bond acceptors (Lipinski definition) is 11. The van der Waals surface area contributed by atoms with Gasteiger partial charge in [0.25, 0.3) is 0 Å². The highest BCUT2D eigenvalue weighted by atomic mass is 16.7. The van der Waals surface area contributed by atoms with Crippen LogP contribution in [0.15, 0.2) is 45.6 Å². The Hall–Kier alpha value is -3.35. The van der Waals surface area contributed by atoms with E-state index in [0.29, 0.717) is 5.56 Å². The predicted octanol–water partition coefficient (Wildman–Crippen LogP) is 0.361. The molecule has 1 fully saturated rings. The molecule has 0 radical (unpaired) electrons.